The number of nitrogens with zero attached hydrogens (tertiary/aromatic N) is 2. The summed E-state index contributed by atoms with van der Waals surface area (Å²) in [5.41, 5.74) is 3.08. The Hall–Kier alpha value is -3.81. The first kappa shape index (κ1) is 26.4. The van der Waals surface area contributed by atoms with Crippen molar-refractivity contribution < 1.29 is 19.1 Å². The number of hydrogen-bond donors (Lipinski definition) is 2. The Balaban J connectivity index is 1.30. The van der Waals surface area contributed by atoms with Gasteiger partial charge in [-0.05, 0) is 42.4 Å². The molecular weight excluding hydrogens is 504 g/mol. The molecule has 3 heterocycles. The van der Waals surface area contributed by atoms with E-state index in [1.54, 1.807) is 0 Å². The zero-order chi connectivity index (χ0) is 27.6. The van der Waals surface area contributed by atoms with Crippen LogP contribution >= 0.6 is 0 Å². The number of carbonyl (C=O) groups excluding carboxylic acids is 3. The number of H-pyrrole nitrogens is 1. The SMILES string of the molecule is CC(=O)NC(C(=O)N1CCC2C1C(c1c[nH]c3ccccc13)CN2C(=O)OCc1ccccc1)C1CCCCC1. The van der Waals surface area contributed by atoms with E-state index >= 15 is 0 Å². The van der Waals surface area contributed by atoms with Crippen molar-refractivity contribution >= 4 is 28.8 Å². The van der Waals surface area contributed by atoms with E-state index in [-0.39, 0.29) is 48.4 Å². The van der Waals surface area contributed by atoms with Crippen LogP contribution in [0.2, 0.25) is 0 Å². The maximum atomic E-state index is 14.3. The number of amides is 3. The molecule has 3 aliphatic rings. The van der Waals surface area contributed by atoms with Crippen LogP contribution in [0.5, 0.6) is 0 Å². The Kier molecular flexibility index (Phi) is 7.50. The Bertz CT molecular complexity index is 1370. The fourth-order valence-electron chi connectivity index (χ4n) is 7.28. The van der Waals surface area contributed by atoms with E-state index in [1.807, 2.05) is 64.5 Å². The van der Waals surface area contributed by atoms with E-state index in [1.165, 1.54) is 13.3 Å². The molecule has 4 atom stereocenters. The maximum absolute atomic E-state index is 14.3. The number of nitrogens with one attached hydrogen (secondary N) is 2. The number of fused-ring (bicyclic) bond motifs is 2. The fourth-order valence-corrected chi connectivity index (χ4v) is 7.28. The summed E-state index contributed by atoms with van der Waals surface area (Å²) in [7, 11) is 0. The zero-order valence-corrected chi connectivity index (χ0v) is 23.1. The Morgan fingerprint density at radius 2 is 1.73 bits per heavy atom. The third kappa shape index (κ3) is 5.07. The highest BCUT2D eigenvalue weighted by molar-refractivity contribution is 5.89. The molecule has 2 aliphatic heterocycles. The lowest BCUT2D eigenvalue weighted by atomic mass is 9.82. The van der Waals surface area contributed by atoms with Gasteiger partial charge in [-0.1, -0.05) is 67.8 Å². The molecule has 0 radical (unpaired) electrons. The van der Waals surface area contributed by atoms with Gasteiger partial charge in [-0.15, -0.1) is 0 Å². The number of rotatable bonds is 6. The Labute approximate surface area is 235 Å². The summed E-state index contributed by atoms with van der Waals surface area (Å²) >= 11 is 0. The third-order valence-corrected chi connectivity index (χ3v) is 9.12. The van der Waals surface area contributed by atoms with Crippen molar-refractivity contribution in [3.8, 4) is 0 Å². The van der Waals surface area contributed by atoms with E-state index in [0.29, 0.717) is 19.5 Å². The third-order valence-electron chi connectivity index (χ3n) is 9.12. The topological polar surface area (TPSA) is 94.7 Å². The molecule has 4 unspecified atom stereocenters. The smallest absolute Gasteiger partial charge is 0.410 e. The standard InChI is InChI=1S/C32H38N4O4/c1-21(37)34-29(23-12-6-3-7-13-23)31(38)35-17-16-28-30(35)26(25-18-33-27-15-9-8-14-24(25)27)19-36(28)32(39)40-20-22-10-4-2-5-11-22/h2,4-5,8-11,14-15,18,23,26,28-30,33H,3,6-7,12-13,16-17,19-20H2,1H3,(H,34,37). The molecular formula is C32H38N4O4. The lowest BCUT2D eigenvalue weighted by Crippen LogP contribution is -2.54. The summed E-state index contributed by atoms with van der Waals surface area (Å²) in [5.74, 6) is -0.116. The number of benzene rings is 2. The number of para-hydroxylation sites is 1. The molecule has 210 valence electrons. The summed E-state index contributed by atoms with van der Waals surface area (Å²) in [6.45, 7) is 2.73. The average molecular weight is 543 g/mol. The summed E-state index contributed by atoms with van der Waals surface area (Å²) in [6.07, 6.45) is 7.60. The van der Waals surface area contributed by atoms with Crippen LogP contribution < -0.4 is 5.32 Å². The van der Waals surface area contributed by atoms with Crippen molar-refractivity contribution in [1.82, 2.24) is 20.1 Å². The number of carbonyl (C=O) groups is 3. The molecule has 40 heavy (non-hydrogen) atoms. The van der Waals surface area contributed by atoms with Gasteiger partial charge in [0.1, 0.15) is 12.6 Å². The average Bonchev–Trinajstić information content (AvgIpc) is 3.70. The highest BCUT2D eigenvalue weighted by atomic mass is 16.6. The van der Waals surface area contributed by atoms with Gasteiger partial charge in [0, 0.05) is 43.0 Å². The second-order valence-corrected chi connectivity index (χ2v) is 11.5. The molecule has 1 aromatic heterocycles. The zero-order valence-electron chi connectivity index (χ0n) is 23.1. The van der Waals surface area contributed by atoms with Gasteiger partial charge in [0.25, 0.3) is 0 Å². The molecule has 8 heteroatoms. The van der Waals surface area contributed by atoms with Crippen molar-refractivity contribution in [3.63, 3.8) is 0 Å². The van der Waals surface area contributed by atoms with Crippen molar-refractivity contribution in [2.24, 2.45) is 5.92 Å². The van der Waals surface area contributed by atoms with Crippen molar-refractivity contribution in [2.45, 2.75) is 76.1 Å². The lowest BCUT2D eigenvalue weighted by Gasteiger charge is -2.36. The quantitative estimate of drug-likeness (QED) is 0.460. The van der Waals surface area contributed by atoms with E-state index in [9.17, 15) is 14.4 Å². The van der Waals surface area contributed by atoms with Crippen LogP contribution in [-0.4, -0.2) is 63.9 Å². The minimum atomic E-state index is -0.528. The predicted molar refractivity (Wildman–Crippen MR) is 152 cm³/mol. The summed E-state index contributed by atoms with van der Waals surface area (Å²) in [5, 5.41) is 4.12. The molecule has 2 N–H and O–H groups in total. The fraction of sp³-hybridized carbons (Fsp3) is 0.469. The lowest BCUT2D eigenvalue weighted by molar-refractivity contribution is -0.139. The first-order valence-electron chi connectivity index (χ1n) is 14.6. The molecule has 3 fully saturated rings. The van der Waals surface area contributed by atoms with Crippen molar-refractivity contribution in [2.75, 3.05) is 13.1 Å². The first-order valence-corrected chi connectivity index (χ1v) is 14.6. The van der Waals surface area contributed by atoms with Crippen LogP contribution in [-0.2, 0) is 20.9 Å². The van der Waals surface area contributed by atoms with E-state index < -0.39 is 6.04 Å². The van der Waals surface area contributed by atoms with Crippen molar-refractivity contribution in [3.05, 3.63) is 71.9 Å². The van der Waals surface area contributed by atoms with Crippen LogP contribution in [0.3, 0.4) is 0 Å². The molecule has 8 nitrogen and oxygen atoms in total. The molecule has 0 bridgehead atoms. The van der Waals surface area contributed by atoms with E-state index in [4.69, 9.17) is 4.74 Å². The van der Waals surface area contributed by atoms with Crippen molar-refractivity contribution in [1.29, 1.82) is 0 Å². The molecule has 3 amide bonds. The normalized spacial score (nSPS) is 23.7. The van der Waals surface area contributed by atoms with Gasteiger partial charge in [-0.2, -0.15) is 0 Å². The molecule has 1 saturated carbocycles. The molecule has 2 saturated heterocycles. The van der Waals surface area contributed by atoms with Gasteiger partial charge >= 0.3 is 6.09 Å². The summed E-state index contributed by atoms with van der Waals surface area (Å²) < 4.78 is 5.78. The second-order valence-electron chi connectivity index (χ2n) is 11.5. The van der Waals surface area contributed by atoms with Gasteiger partial charge in [0.05, 0.1) is 12.1 Å². The molecule has 1 aliphatic carbocycles. The predicted octanol–water partition coefficient (Wildman–Crippen LogP) is 4.96. The number of aromatic amines is 1. The van der Waals surface area contributed by atoms with Crippen LogP contribution in [0.4, 0.5) is 4.79 Å². The molecule has 2 aromatic carbocycles. The highest BCUT2D eigenvalue weighted by Crippen LogP contribution is 2.44. The summed E-state index contributed by atoms with van der Waals surface area (Å²) in [6, 6.07) is 17.0. The number of aromatic nitrogens is 1. The van der Waals surface area contributed by atoms with Gasteiger partial charge in [0.2, 0.25) is 11.8 Å². The Morgan fingerprint density at radius 1 is 0.975 bits per heavy atom. The molecule has 0 spiro atoms. The maximum Gasteiger partial charge on any atom is 0.410 e. The second kappa shape index (κ2) is 11.4. The van der Waals surface area contributed by atoms with Crippen LogP contribution in [0.1, 0.15) is 62.5 Å². The molecule has 6 rings (SSSR count). The van der Waals surface area contributed by atoms with Gasteiger partial charge in [-0.25, -0.2) is 4.79 Å². The minimum absolute atomic E-state index is 0.0149. The Morgan fingerprint density at radius 3 is 2.50 bits per heavy atom. The number of ether oxygens (including phenoxy) is 1. The minimum Gasteiger partial charge on any atom is -0.445 e. The van der Waals surface area contributed by atoms with Crippen LogP contribution in [0.15, 0.2) is 60.8 Å². The van der Waals surface area contributed by atoms with Gasteiger partial charge in [-0.3, -0.25) is 9.59 Å². The largest absolute Gasteiger partial charge is 0.445 e. The van der Waals surface area contributed by atoms with Crippen LogP contribution in [0, 0.1) is 5.92 Å². The van der Waals surface area contributed by atoms with Gasteiger partial charge < -0.3 is 24.8 Å². The first-order chi connectivity index (χ1) is 19.5. The van der Waals surface area contributed by atoms with Crippen LogP contribution in [0.25, 0.3) is 10.9 Å². The number of likely N-dealkylation sites (tertiary alicyclic amines) is 2. The summed E-state index contributed by atoms with van der Waals surface area (Å²) in [4.78, 5) is 47.1. The monoisotopic (exact) mass is 542 g/mol. The number of hydrogen-bond acceptors (Lipinski definition) is 4. The highest BCUT2D eigenvalue weighted by Gasteiger charge is 2.54. The molecule has 3 aromatic rings. The van der Waals surface area contributed by atoms with E-state index in [0.717, 1.165) is 47.7 Å². The van der Waals surface area contributed by atoms with Gasteiger partial charge in [0.15, 0.2) is 0 Å². The van der Waals surface area contributed by atoms with E-state index in [2.05, 4.69) is 16.4 Å².